The first-order valence-electron chi connectivity index (χ1n) is 9.59. The molecule has 138 valence electrons. The number of halogens is 1. The summed E-state index contributed by atoms with van der Waals surface area (Å²) in [4.78, 5) is 17.3. The van der Waals surface area contributed by atoms with E-state index in [0.29, 0.717) is 12.1 Å². The zero-order chi connectivity index (χ0) is 17.8. The molecule has 4 nitrogen and oxygen atoms in total. The first-order valence-corrected chi connectivity index (χ1v) is 9.97. The van der Waals surface area contributed by atoms with E-state index in [1.165, 1.54) is 18.4 Å². The van der Waals surface area contributed by atoms with Crippen molar-refractivity contribution in [2.24, 2.45) is 0 Å². The summed E-state index contributed by atoms with van der Waals surface area (Å²) in [6, 6.07) is 8.74. The summed E-state index contributed by atoms with van der Waals surface area (Å²) < 4.78 is 0. The lowest BCUT2D eigenvalue weighted by Gasteiger charge is -2.40. The molecule has 0 spiro atoms. The van der Waals surface area contributed by atoms with Crippen molar-refractivity contribution in [2.75, 3.05) is 26.2 Å². The summed E-state index contributed by atoms with van der Waals surface area (Å²) in [5.41, 5.74) is 1.18. The van der Waals surface area contributed by atoms with Crippen LogP contribution >= 0.6 is 11.6 Å². The summed E-state index contributed by atoms with van der Waals surface area (Å²) in [5, 5.41) is 4.07. The van der Waals surface area contributed by atoms with E-state index in [9.17, 15) is 4.79 Å². The maximum absolute atomic E-state index is 12.5. The van der Waals surface area contributed by atoms with Crippen LogP contribution in [0.15, 0.2) is 24.3 Å². The third-order valence-corrected chi connectivity index (χ3v) is 6.22. The molecule has 25 heavy (non-hydrogen) atoms. The van der Waals surface area contributed by atoms with Gasteiger partial charge in [-0.05, 0) is 38.3 Å². The lowest BCUT2D eigenvalue weighted by atomic mass is 10.1. The summed E-state index contributed by atoms with van der Waals surface area (Å²) in [6.07, 6.45) is 4.78. The van der Waals surface area contributed by atoms with Crippen LogP contribution in [-0.2, 0) is 4.79 Å². The molecule has 0 radical (unpaired) electrons. The van der Waals surface area contributed by atoms with Gasteiger partial charge < -0.3 is 5.32 Å². The topological polar surface area (TPSA) is 35.6 Å². The van der Waals surface area contributed by atoms with Gasteiger partial charge in [0.1, 0.15) is 0 Å². The SMILES string of the molecule is C[C@H](C(=O)NC1CCCC1)N1CCN([C@H](C)c2ccccc2Cl)CC1. The lowest BCUT2D eigenvalue weighted by molar-refractivity contribution is -0.127. The van der Waals surface area contributed by atoms with Gasteiger partial charge in [-0.25, -0.2) is 0 Å². The highest BCUT2D eigenvalue weighted by atomic mass is 35.5. The number of rotatable bonds is 5. The fourth-order valence-corrected chi connectivity index (χ4v) is 4.37. The second-order valence-corrected chi connectivity index (χ2v) is 7.84. The number of amides is 1. The molecule has 5 heteroatoms. The second-order valence-electron chi connectivity index (χ2n) is 7.44. The standard InChI is InChI=1S/C20H30ClN3O/c1-15(18-9-5-6-10-19(18)21)23-11-13-24(14-12-23)16(2)20(25)22-17-7-3-4-8-17/h5-6,9-10,15-17H,3-4,7-8,11-14H2,1-2H3,(H,22,25)/t15-,16-/m1/s1. The van der Waals surface area contributed by atoms with Gasteiger partial charge in [0, 0.05) is 43.3 Å². The maximum Gasteiger partial charge on any atom is 0.237 e. The first-order chi connectivity index (χ1) is 12.1. The summed E-state index contributed by atoms with van der Waals surface area (Å²) in [6.45, 7) is 8.04. The normalized spacial score (nSPS) is 22.7. The van der Waals surface area contributed by atoms with Gasteiger partial charge in [-0.15, -0.1) is 0 Å². The van der Waals surface area contributed by atoms with Crippen molar-refractivity contribution < 1.29 is 4.79 Å². The van der Waals surface area contributed by atoms with Gasteiger partial charge in [0.2, 0.25) is 5.91 Å². The quantitative estimate of drug-likeness (QED) is 0.870. The third-order valence-electron chi connectivity index (χ3n) is 5.88. The smallest absolute Gasteiger partial charge is 0.237 e. The van der Waals surface area contributed by atoms with Crippen LogP contribution in [0.1, 0.15) is 51.1 Å². The van der Waals surface area contributed by atoms with E-state index in [1.54, 1.807) is 0 Å². The second kappa shape index (κ2) is 8.52. The highest BCUT2D eigenvalue weighted by Gasteiger charge is 2.29. The highest BCUT2D eigenvalue weighted by molar-refractivity contribution is 6.31. The monoisotopic (exact) mass is 363 g/mol. The van der Waals surface area contributed by atoms with Crippen LogP contribution in [0.2, 0.25) is 5.02 Å². The molecule has 1 N–H and O–H groups in total. The van der Waals surface area contributed by atoms with Gasteiger partial charge in [-0.2, -0.15) is 0 Å². The summed E-state index contributed by atoms with van der Waals surface area (Å²) >= 11 is 6.35. The number of hydrogen-bond donors (Lipinski definition) is 1. The van der Waals surface area contributed by atoms with E-state index in [-0.39, 0.29) is 11.9 Å². The minimum atomic E-state index is -0.0432. The number of piperazine rings is 1. The fourth-order valence-electron chi connectivity index (χ4n) is 4.08. The zero-order valence-corrected chi connectivity index (χ0v) is 16.1. The van der Waals surface area contributed by atoms with E-state index in [0.717, 1.165) is 44.0 Å². The van der Waals surface area contributed by atoms with Crippen LogP contribution in [0.5, 0.6) is 0 Å². The molecule has 1 aliphatic heterocycles. The first kappa shape index (κ1) is 18.7. The Labute approximate surface area is 156 Å². The minimum Gasteiger partial charge on any atom is -0.352 e. The van der Waals surface area contributed by atoms with Gasteiger partial charge >= 0.3 is 0 Å². The van der Waals surface area contributed by atoms with Crippen LogP contribution in [-0.4, -0.2) is 54.0 Å². The summed E-state index contributed by atoms with van der Waals surface area (Å²) in [5.74, 6) is 0.194. The molecule has 1 heterocycles. The molecule has 1 aromatic rings. The van der Waals surface area contributed by atoms with Crippen molar-refractivity contribution >= 4 is 17.5 Å². The van der Waals surface area contributed by atoms with E-state index >= 15 is 0 Å². The fraction of sp³-hybridized carbons (Fsp3) is 0.650. The number of carbonyl (C=O) groups is 1. The van der Waals surface area contributed by atoms with Crippen molar-refractivity contribution in [3.63, 3.8) is 0 Å². The lowest BCUT2D eigenvalue weighted by Crippen LogP contribution is -2.55. The number of nitrogens with one attached hydrogen (secondary N) is 1. The van der Waals surface area contributed by atoms with Crippen LogP contribution in [0, 0.1) is 0 Å². The Balaban J connectivity index is 1.51. The third kappa shape index (κ3) is 4.55. The average molecular weight is 364 g/mol. The molecule has 0 unspecified atom stereocenters. The van der Waals surface area contributed by atoms with Gasteiger partial charge in [-0.1, -0.05) is 42.6 Å². The molecule has 1 aromatic carbocycles. The Morgan fingerprint density at radius 2 is 1.68 bits per heavy atom. The molecule has 2 fully saturated rings. The van der Waals surface area contributed by atoms with Crippen LogP contribution < -0.4 is 5.32 Å². The molecule has 3 rings (SSSR count). The molecule has 2 atom stereocenters. The van der Waals surface area contributed by atoms with E-state index in [2.05, 4.69) is 28.1 Å². The van der Waals surface area contributed by atoms with Crippen LogP contribution in [0.3, 0.4) is 0 Å². The molecule has 1 aliphatic carbocycles. The van der Waals surface area contributed by atoms with Gasteiger partial charge in [0.15, 0.2) is 0 Å². The van der Waals surface area contributed by atoms with Gasteiger partial charge in [0.05, 0.1) is 6.04 Å². The highest BCUT2D eigenvalue weighted by Crippen LogP contribution is 2.28. The maximum atomic E-state index is 12.5. The molecule has 2 aliphatic rings. The molecule has 1 saturated carbocycles. The van der Waals surface area contributed by atoms with Gasteiger partial charge in [-0.3, -0.25) is 14.6 Å². The molecular weight excluding hydrogens is 334 g/mol. The number of nitrogens with zero attached hydrogens (tertiary/aromatic N) is 2. The van der Waals surface area contributed by atoms with Crippen LogP contribution in [0.25, 0.3) is 0 Å². The Morgan fingerprint density at radius 1 is 1.08 bits per heavy atom. The average Bonchev–Trinajstić information content (AvgIpc) is 3.14. The van der Waals surface area contributed by atoms with Crippen molar-refractivity contribution in [1.29, 1.82) is 0 Å². The van der Waals surface area contributed by atoms with Crippen molar-refractivity contribution in [3.05, 3.63) is 34.9 Å². The predicted molar refractivity (Wildman–Crippen MR) is 103 cm³/mol. The minimum absolute atomic E-state index is 0.0432. The van der Waals surface area contributed by atoms with Crippen molar-refractivity contribution in [2.45, 2.75) is 57.7 Å². The zero-order valence-electron chi connectivity index (χ0n) is 15.4. The predicted octanol–water partition coefficient (Wildman–Crippen LogP) is 3.47. The molecule has 0 aromatic heterocycles. The van der Waals surface area contributed by atoms with E-state index in [4.69, 9.17) is 11.6 Å². The van der Waals surface area contributed by atoms with Crippen molar-refractivity contribution in [3.8, 4) is 0 Å². The molecular formula is C20H30ClN3O. The van der Waals surface area contributed by atoms with Gasteiger partial charge in [0.25, 0.3) is 0 Å². The molecule has 0 bridgehead atoms. The number of hydrogen-bond acceptors (Lipinski definition) is 3. The van der Waals surface area contributed by atoms with Crippen molar-refractivity contribution in [1.82, 2.24) is 15.1 Å². The molecule has 1 saturated heterocycles. The number of benzene rings is 1. The van der Waals surface area contributed by atoms with Crippen LogP contribution in [0.4, 0.5) is 0 Å². The Kier molecular flexibility index (Phi) is 6.37. The summed E-state index contributed by atoms with van der Waals surface area (Å²) in [7, 11) is 0. The Bertz CT molecular complexity index is 580. The van der Waals surface area contributed by atoms with E-state index < -0.39 is 0 Å². The Hall–Kier alpha value is -1.10. The van der Waals surface area contributed by atoms with E-state index in [1.807, 2.05) is 25.1 Å². The largest absolute Gasteiger partial charge is 0.352 e. The Morgan fingerprint density at radius 3 is 2.32 bits per heavy atom. The number of carbonyl (C=O) groups excluding carboxylic acids is 1. The molecule has 1 amide bonds.